The first-order chi connectivity index (χ1) is 14.0. The minimum Gasteiger partial charge on any atom is -0.335 e. The van der Waals surface area contributed by atoms with Crippen LogP contribution in [0, 0.1) is 5.82 Å². The molecule has 3 atom stereocenters. The van der Waals surface area contributed by atoms with Crippen molar-refractivity contribution in [2.24, 2.45) is 0 Å². The summed E-state index contributed by atoms with van der Waals surface area (Å²) in [5, 5.41) is 6.13. The standard InChI is InChI=1S/C24H30FN3O/c1-16(2)18-5-9-20(10-6-18)26-24(29)27-21-13-22-11-12-23(14-21)28(22)15-17-3-7-19(25)8-4-17/h3-10,16,21-23H,11-15H2,1-2H3,(H2,26,27,29)/t21?,22-,23+. The SMILES string of the molecule is CC(C)c1ccc(NC(=O)NC2C[C@H]3CC[C@@H](C2)N3Cc2ccc(F)cc2)cc1. The molecule has 2 N–H and O–H groups in total. The number of carbonyl (C=O) groups is 1. The lowest BCUT2D eigenvalue weighted by Gasteiger charge is -2.39. The highest BCUT2D eigenvalue weighted by atomic mass is 19.1. The first-order valence-electron chi connectivity index (χ1n) is 10.7. The molecule has 0 saturated carbocycles. The highest BCUT2D eigenvalue weighted by molar-refractivity contribution is 5.89. The van der Waals surface area contributed by atoms with E-state index in [4.69, 9.17) is 0 Å². The van der Waals surface area contributed by atoms with Crippen LogP contribution in [0.15, 0.2) is 48.5 Å². The maximum absolute atomic E-state index is 13.2. The van der Waals surface area contributed by atoms with Gasteiger partial charge in [-0.3, -0.25) is 4.90 Å². The van der Waals surface area contributed by atoms with Crippen LogP contribution in [0.2, 0.25) is 0 Å². The van der Waals surface area contributed by atoms with Crippen molar-refractivity contribution in [3.05, 3.63) is 65.5 Å². The molecule has 2 saturated heterocycles. The fourth-order valence-corrected chi connectivity index (χ4v) is 4.75. The Labute approximate surface area is 172 Å². The number of benzene rings is 2. The number of hydrogen-bond acceptors (Lipinski definition) is 2. The van der Waals surface area contributed by atoms with E-state index in [1.54, 1.807) is 0 Å². The highest BCUT2D eigenvalue weighted by Crippen LogP contribution is 2.37. The van der Waals surface area contributed by atoms with Crippen LogP contribution in [0.3, 0.4) is 0 Å². The molecule has 0 aromatic heterocycles. The first-order valence-corrected chi connectivity index (χ1v) is 10.7. The van der Waals surface area contributed by atoms with Gasteiger partial charge in [0.05, 0.1) is 0 Å². The molecule has 2 aromatic carbocycles. The van der Waals surface area contributed by atoms with Crippen LogP contribution in [-0.2, 0) is 6.54 Å². The summed E-state index contributed by atoms with van der Waals surface area (Å²) in [5.74, 6) is 0.290. The number of rotatable bonds is 5. The van der Waals surface area contributed by atoms with E-state index >= 15 is 0 Å². The molecule has 4 rings (SSSR count). The van der Waals surface area contributed by atoms with E-state index in [1.807, 2.05) is 24.3 Å². The largest absolute Gasteiger partial charge is 0.335 e. The maximum atomic E-state index is 13.2. The van der Waals surface area contributed by atoms with Gasteiger partial charge in [-0.2, -0.15) is 0 Å². The van der Waals surface area contributed by atoms with Crippen molar-refractivity contribution in [2.75, 3.05) is 5.32 Å². The number of carbonyl (C=O) groups excluding carboxylic acids is 1. The molecule has 0 aliphatic carbocycles. The summed E-state index contributed by atoms with van der Waals surface area (Å²) in [4.78, 5) is 15.0. The average molecular weight is 396 g/mol. The predicted molar refractivity (Wildman–Crippen MR) is 114 cm³/mol. The lowest BCUT2D eigenvalue weighted by Crippen LogP contribution is -2.50. The molecule has 2 fully saturated rings. The summed E-state index contributed by atoms with van der Waals surface area (Å²) < 4.78 is 13.2. The monoisotopic (exact) mass is 395 g/mol. The Morgan fingerprint density at radius 1 is 1.03 bits per heavy atom. The van der Waals surface area contributed by atoms with E-state index in [0.29, 0.717) is 18.0 Å². The molecular formula is C24H30FN3O. The van der Waals surface area contributed by atoms with Gasteiger partial charge >= 0.3 is 6.03 Å². The molecule has 4 nitrogen and oxygen atoms in total. The van der Waals surface area contributed by atoms with Crippen molar-refractivity contribution in [1.29, 1.82) is 0 Å². The Bertz CT molecular complexity index is 820. The molecule has 2 aliphatic rings. The molecule has 0 spiro atoms. The fraction of sp³-hybridized carbons (Fsp3) is 0.458. The summed E-state index contributed by atoms with van der Waals surface area (Å²) in [6.45, 7) is 5.18. The fourth-order valence-electron chi connectivity index (χ4n) is 4.75. The molecule has 2 amide bonds. The van der Waals surface area contributed by atoms with Crippen molar-refractivity contribution >= 4 is 11.7 Å². The Morgan fingerprint density at radius 2 is 1.66 bits per heavy atom. The number of urea groups is 1. The van der Waals surface area contributed by atoms with Crippen LogP contribution in [0.5, 0.6) is 0 Å². The summed E-state index contributed by atoms with van der Waals surface area (Å²) in [6, 6.07) is 15.9. The summed E-state index contributed by atoms with van der Waals surface area (Å²) in [5.41, 5.74) is 3.24. The molecule has 2 aromatic rings. The summed E-state index contributed by atoms with van der Waals surface area (Å²) in [6.07, 6.45) is 4.28. The van der Waals surface area contributed by atoms with E-state index in [-0.39, 0.29) is 17.9 Å². The maximum Gasteiger partial charge on any atom is 0.319 e. The summed E-state index contributed by atoms with van der Waals surface area (Å²) in [7, 11) is 0. The third kappa shape index (κ3) is 4.78. The number of amides is 2. The molecule has 2 bridgehead atoms. The van der Waals surface area contributed by atoms with Gasteiger partial charge in [0.15, 0.2) is 0 Å². The molecule has 5 heteroatoms. The molecule has 2 heterocycles. The van der Waals surface area contributed by atoms with Gasteiger partial charge in [0.2, 0.25) is 0 Å². The van der Waals surface area contributed by atoms with E-state index in [9.17, 15) is 9.18 Å². The quantitative estimate of drug-likeness (QED) is 0.725. The van der Waals surface area contributed by atoms with E-state index < -0.39 is 0 Å². The normalized spacial score (nSPS) is 23.9. The van der Waals surface area contributed by atoms with Gasteiger partial charge in [-0.1, -0.05) is 38.1 Å². The second-order valence-electron chi connectivity index (χ2n) is 8.73. The molecule has 0 radical (unpaired) electrons. The van der Waals surface area contributed by atoms with Crippen LogP contribution in [0.4, 0.5) is 14.9 Å². The smallest absolute Gasteiger partial charge is 0.319 e. The van der Waals surface area contributed by atoms with Crippen molar-refractivity contribution < 1.29 is 9.18 Å². The highest BCUT2D eigenvalue weighted by Gasteiger charge is 2.40. The number of anilines is 1. The van der Waals surface area contributed by atoms with E-state index in [0.717, 1.165) is 30.6 Å². The summed E-state index contributed by atoms with van der Waals surface area (Å²) >= 11 is 0. The molecule has 1 unspecified atom stereocenters. The Balaban J connectivity index is 1.30. The van der Waals surface area contributed by atoms with Gasteiger partial charge in [-0.15, -0.1) is 0 Å². The molecule has 154 valence electrons. The third-order valence-corrected chi connectivity index (χ3v) is 6.33. The molecule has 29 heavy (non-hydrogen) atoms. The minimum absolute atomic E-state index is 0.126. The van der Waals surface area contributed by atoms with Gasteiger partial charge < -0.3 is 10.6 Å². The first kappa shape index (κ1) is 19.9. The second kappa shape index (κ2) is 8.54. The van der Waals surface area contributed by atoms with Gasteiger partial charge in [-0.25, -0.2) is 9.18 Å². The zero-order chi connectivity index (χ0) is 20.4. The second-order valence-corrected chi connectivity index (χ2v) is 8.73. The lowest BCUT2D eigenvalue weighted by atomic mass is 9.96. The number of halogens is 1. The van der Waals surface area contributed by atoms with Crippen molar-refractivity contribution in [3.8, 4) is 0 Å². The van der Waals surface area contributed by atoms with Gasteiger partial charge in [0, 0.05) is 30.4 Å². The lowest BCUT2D eigenvalue weighted by molar-refractivity contribution is 0.112. The third-order valence-electron chi connectivity index (χ3n) is 6.33. The van der Waals surface area contributed by atoms with Crippen molar-refractivity contribution in [3.63, 3.8) is 0 Å². The van der Waals surface area contributed by atoms with Crippen LogP contribution in [0.1, 0.15) is 56.6 Å². The van der Waals surface area contributed by atoms with Gasteiger partial charge in [0.1, 0.15) is 5.82 Å². The van der Waals surface area contributed by atoms with Crippen molar-refractivity contribution in [1.82, 2.24) is 10.2 Å². The number of fused-ring (bicyclic) bond motifs is 2. The minimum atomic E-state index is -0.190. The number of piperidine rings is 1. The molecular weight excluding hydrogens is 365 g/mol. The number of hydrogen-bond donors (Lipinski definition) is 2. The number of nitrogens with zero attached hydrogens (tertiary/aromatic N) is 1. The van der Waals surface area contributed by atoms with Crippen LogP contribution < -0.4 is 10.6 Å². The van der Waals surface area contributed by atoms with Gasteiger partial charge in [-0.05, 0) is 67.0 Å². The Hall–Kier alpha value is -2.40. The van der Waals surface area contributed by atoms with E-state index in [1.165, 1.54) is 30.5 Å². The average Bonchev–Trinajstić information content (AvgIpc) is 2.92. The zero-order valence-corrected chi connectivity index (χ0v) is 17.2. The van der Waals surface area contributed by atoms with Crippen LogP contribution in [-0.4, -0.2) is 29.1 Å². The van der Waals surface area contributed by atoms with Gasteiger partial charge in [0.25, 0.3) is 0 Å². The molecule has 2 aliphatic heterocycles. The predicted octanol–water partition coefficient (Wildman–Crippen LogP) is 5.27. The topological polar surface area (TPSA) is 44.4 Å². The Kier molecular flexibility index (Phi) is 5.86. The van der Waals surface area contributed by atoms with Crippen molar-refractivity contribution in [2.45, 2.75) is 70.1 Å². The van der Waals surface area contributed by atoms with Crippen LogP contribution >= 0.6 is 0 Å². The Morgan fingerprint density at radius 3 is 2.24 bits per heavy atom. The zero-order valence-electron chi connectivity index (χ0n) is 17.2. The number of nitrogens with one attached hydrogen (secondary N) is 2. The van der Waals surface area contributed by atoms with E-state index in [2.05, 4.69) is 41.5 Å². The van der Waals surface area contributed by atoms with Crippen LogP contribution in [0.25, 0.3) is 0 Å².